The van der Waals surface area contributed by atoms with Gasteiger partial charge >= 0.3 is 0 Å². The highest BCUT2D eigenvalue weighted by Gasteiger charge is 2.25. The minimum Gasteiger partial charge on any atom is -0.469 e. The molecule has 1 atom stereocenters. The monoisotopic (exact) mass is 382 g/mol. The second-order valence-electron chi connectivity index (χ2n) is 7.47. The zero-order chi connectivity index (χ0) is 19.8. The van der Waals surface area contributed by atoms with Gasteiger partial charge < -0.3 is 19.5 Å². The average molecular weight is 383 g/mol. The van der Waals surface area contributed by atoms with Gasteiger partial charge in [-0.25, -0.2) is 4.99 Å². The minimum absolute atomic E-state index is 0.00497. The highest BCUT2D eigenvalue weighted by molar-refractivity contribution is 5.85. The second kappa shape index (κ2) is 9.97. The van der Waals surface area contributed by atoms with E-state index in [4.69, 9.17) is 4.42 Å². The number of carbonyl (C=O) groups is 1. The van der Waals surface area contributed by atoms with Crippen molar-refractivity contribution in [2.75, 3.05) is 40.3 Å². The molecule has 0 spiro atoms. The maximum absolute atomic E-state index is 12.0. The number of likely N-dealkylation sites (N-methyl/N-ethyl adjacent to an activating group) is 1. The van der Waals surface area contributed by atoms with Crippen molar-refractivity contribution in [1.29, 1.82) is 0 Å². The number of rotatable bonds is 7. The van der Waals surface area contributed by atoms with E-state index in [0.29, 0.717) is 5.92 Å². The Balaban J connectivity index is 1.58. The summed E-state index contributed by atoms with van der Waals surface area (Å²) in [6.45, 7) is 2.80. The zero-order valence-corrected chi connectivity index (χ0v) is 16.8. The highest BCUT2D eigenvalue weighted by atomic mass is 16.3. The molecule has 1 fully saturated rings. The standard InChI is InChI=1S/C22H30N4O2/c1-25(2)21(27)16-24-22(23-12-10-20-9-6-14-28-20)26-13-11-19(17-26)15-18-7-4-3-5-8-18/h3-9,14,19H,10-13,15-17H2,1-2H3,(H,23,24). The molecule has 0 aliphatic carbocycles. The Morgan fingerprint density at radius 1 is 1.25 bits per heavy atom. The highest BCUT2D eigenvalue weighted by Crippen LogP contribution is 2.21. The summed E-state index contributed by atoms with van der Waals surface area (Å²) in [6.07, 6.45) is 4.69. The maximum Gasteiger partial charge on any atom is 0.243 e. The Hall–Kier alpha value is -2.76. The van der Waals surface area contributed by atoms with Gasteiger partial charge in [0, 0.05) is 40.2 Å². The Morgan fingerprint density at radius 2 is 2.07 bits per heavy atom. The molecule has 2 heterocycles. The molecular weight excluding hydrogens is 352 g/mol. The van der Waals surface area contributed by atoms with E-state index in [2.05, 4.69) is 45.5 Å². The lowest BCUT2D eigenvalue weighted by Gasteiger charge is -2.22. The number of likely N-dealkylation sites (tertiary alicyclic amines) is 1. The number of hydrogen-bond donors (Lipinski definition) is 1. The third kappa shape index (κ3) is 5.87. The summed E-state index contributed by atoms with van der Waals surface area (Å²) in [4.78, 5) is 20.4. The molecule has 1 aromatic carbocycles. The number of carbonyl (C=O) groups excluding carboxylic acids is 1. The van der Waals surface area contributed by atoms with Crippen molar-refractivity contribution in [2.24, 2.45) is 10.9 Å². The summed E-state index contributed by atoms with van der Waals surface area (Å²) in [6, 6.07) is 14.5. The van der Waals surface area contributed by atoms with E-state index in [1.54, 1.807) is 25.3 Å². The number of aliphatic imine (C=N–C) groups is 1. The van der Waals surface area contributed by atoms with Crippen LogP contribution in [0.4, 0.5) is 0 Å². The molecule has 150 valence electrons. The normalized spacial score (nSPS) is 17.0. The van der Waals surface area contributed by atoms with Crippen LogP contribution < -0.4 is 5.32 Å². The number of guanidine groups is 1. The zero-order valence-electron chi connectivity index (χ0n) is 16.8. The van der Waals surface area contributed by atoms with Crippen LogP contribution in [-0.2, 0) is 17.6 Å². The lowest BCUT2D eigenvalue weighted by atomic mass is 9.99. The molecule has 1 aliphatic heterocycles. The molecule has 1 unspecified atom stereocenters. The van der Waals surface area contributed by atoms with Crippen LogP contribution in [0.15, 0.2) is 58.1 Å². The molecule has 6 nitrogen and oxygen atoms in total. The minimum atomic E-state index is 0.00497. The molecule has 1 amide bonds. The van der Waals surface area contributed by atoms with Crippen molar-refractivity contribution in [3.63, 3.8) is 0 Å². The van der Waals surface area contributed by atoms with Crippen molar-refractivity contribution in [3.8, 4) is 0 Å². The number of nitrogens with zero attached hydrogens (tertiary/aromatic N) is 3. The average Bonchev–Trinajstić information content (AvgIpc) is 3.37. The summed E-state index contributed by atoms with van der Waals surface area (Å²) in [5, 5.41) is 3.42. The molecule has 6 heteroatoms. The molecule has 1 saturated heterocycles. The van der Waals surface area contributed by atoms with E-state index in [0.717, 1.165) is 50.6 Å². The third-order valence-corrected chi connectivity index (χ3v) is 5.05. The van der Waals surface area contributed by atoms with Crippen LogP contribution >= 0.6 is 0 Å². The molecule has 28 heavy (non-hydrogen) atoms. The number of nitrogens with one attached hydrogen (secondary N) is 1. The van der Waals surface area contributed by atoms with Crippen LogP contribution in [0, 0.1) is 5.92 Å². The molecular formula is C22H30N4O2. The summed E-state index contributed by atoms with van der Waals surface area (Å²) in [5.74, 6) is 2.37. The maximum atomic E-state index is 12.0. The Kier molecular flexibility index (Phi) is 7.12. The Bertz CT molecular complexity index is 756. The van der Waals surface area contributed by atoms with E-state index in [1.165, 1.54) is 5.56 Å². The third-order valence-electron chi connectivity index (χ3n) is 5.05. The van der Waals surface area contributed by atoms with Crippen molar-refractivity contribution in [2.45, 2.75) is 19.3 Å². The number of benzene rings is 1. The van der Waals surface area contributed by atoms with Crippen LogP contribution in [-0.4, -0.2) is 61.9 Å². The first-order chi connectivity index (χ1) is 13.6. The van der Waals surface area contributed by atoms with Gasteiger partial charge in [0.2, 0.25) is 5.91 Å². The molecule has 0 bridgehead atoms. The van der Waals surface area contributed by atoms with Gasteiger partial charge in [-0.1, -0.05) is 30.3 Å². The summed E-state index contributed by atoms with van der Waals surface area (Å²) >= 11 is 0. The summed E-state index contributed by atoms with van der Waals surface area (Å²) in [7, 11) is 3.52. The molecule has 0 radical (unpaired) electrons. The van der Waals surface area contributed by atoms with Crippen LogP contribution in [0.3, 0.4) is 0 Å². The number of amides is 1. The fraction of sp³-hybridized carbons (Fsp3) is 0.455. The number of hydrogen-bond acceptors (Lipinski definition) is 3. The van der Waals surface area contributed by atoms with E-state index < -0.39 is 0 Å². The molecule has 1 aliphatic rings. The predicted octanol–water partition coefficient (Wildman–Crippen LogP) is 2.42. The van der Waals surface area contributed by atoms with Crippen LogP contribution in [0.1, 0.15) is 17.7 Å². The van der Waals surface area contributed by atoms with E-state index in [1.807, 2.05) is 12.1 Å². The lowest BCUT2D eigenvalue weighted by Crippen LogP contribution is -2.42. The first-order valence-corrected chi connectivity index (χ1v) is 9.91. The molecule has 1 aromatic heterocycles. The van der Waals surface area contributed by atoms with Gasteiger partial charge in [-0.3, -0.25) is 4.79 Å². The van der Waals surface area contributed by atoms with Crippen molar-refractivity contribution in [1.82, 2.24) is 15.1 Å². The quantitative estimate of drug-likeness (QED) is 0.590. The molecule has 2 aromatic rings. The Morgan fingerprint density at radius 3 is 2.79 bits per heavy atom. The second-order valence-corrected chi connectivity index (χ2v) is 7.47. The van der Waals surface area contributed by atoms with Gasteiger partial charge in [0.25, 0.3) is 0 Å². The van der Waals surface area contributed by atoms with Crippen LogP contribution in [0.25, 0.3) is 0 Å². The van der Waals surface area contributed by atoms with Crippen molar-refractivity contribution >= 4 is 11.9 Å². The van der Waals surface area contributed by atoms with Gasteiger partial charge in [-0.2, -0.15) is 0 Å². The first kappa shape index (κ1) is 20.0. The molecule has 0 saturated carbocycles. The smallest absolute Gasteiger partial charge is 0.243 e. The van der Waals surface area contributed by atoms with E-state index in [-0.39, 0.29) is 12.5 Å². The van der Waals surface area contributed by atoms with Crippen LogP contribution in [0.5, 0.6) is 0 Å². The van der Waals surface area contributed by atoms with Gasteiger partial charge in [-0.05, 0) is 36.5 Å². The summed E-state index contributed by atoms with van der Waals surface area (Å²) < 4.78 is 5.40. The molecule has 3 rings (SSSR count). The van der Waals surface area contributed by atoms with Gasteiger partial charge in [-0.15, -0.1) is 0 Å². The largest absolute Gasteiger partial charge is 0.469 e. The van der Waals surface area contributed by atoms with Crippen molar-refractivity contribution < 1.29 is 9.21 Å². The van der Waals surface area contributed by atoms with Gasteiger partial charge in [0.15, 0.2) is 5.96 Å². The SMILES string of the molecule is CN(C)C(=O)CN=C(NCCc1ccco1)N1CCC(Cc2ccccc2)C1. The van der Waals surface area contributed by atoms with E-state index >= 15 is 0 Å². The molecule has 1 N–H and O–H groups in total. The lowest BCUT2D eigenvalue weighted by molar-refractivity contribution is -0.127. The first-order valence-electron chi connectivity index (χ1n) is 9.91. The fourth-order valence-electron chi connectivity index (χ4n) is 3.44. The van der Waals surface area contributed by atoms with Crippen molar-refractivity contribution in [3.05, 3.63) is 60.1 Å². The number of furan rings is 1. The van der Waals surface area contributed by atoms with Gasteiger partial charge in [0.1, 0.15) is 12.3 Å². The summed E-state index contributed by atoms with van der Waals surface area (Å²) in [5.41, 5.74) is 1.38. The fourth-order valence-corrected chi connectivity index (χ4v) is 3.44. The van der Waals surface area contributed by atoms with E-state index in [9.17, 15) is 4.79 Å². The van der Waals surface area contributed by atoms with Crippen LogP contribution in [0.2, 0.25) is 0 Å². The topological polar surface area (TPSA) is 61.1 Å². The predicted molar refractivity (Wildman–Crippen MR) is 111 cm³/mol. The Labute approximate surface area is 167 Å². The van der Waals surface area contributed by atoms with Gasteiger partial charge in [0.05, 0.1) is 6.26 Å².